The van der Waals surface area contributed by atoms with Crippen LogP contribution in [0.25, 0.3) is 94.0 Å². The van der Waals surface area contributed by atoms with Gasteiger partial charge in [-0.1, -0.05) is 162 Å². The van der Waals surface area contributed by atoms with Crippen LogP contribution in [0, 0.1) is 6.57 Å². The lowest BCUT2D eigenvalue weighted by Crippen LogP contribution is -2.17. The summed E-state index contributed by atoms with van der Waals surface area (Å²) in [6, 6.07) is 52.0. The molecule has 68 heavy (non-hydrogen) atoms. The molecule has 0 saturated heterocycles. The van der Waals surface area contributed by atoms with Gasteiger partial charge in [-0.25, -0.2) is 19.8 Å². The fraction of sp³-hybridized carbons (Fsp3) is 0.258. The number of nitrogens with zero attached hydrogens (tertiary/aromatic N) is 6. The lowest BCUT2D eigenvalue weighted by molar-refractivity contribution is 0.568. The van der Waals surface area contributed by atoms with Crippen LogP contribution in [0.4, 0.5) is 5.69 Å². The van der Waals surface area contributed by atoms with Crippen LogP contribution >= 0.6 is 0 Å². The Morgan fingerprint density at radius 1 is 0.397 bits per heavy atom. The van der Waals surface area contributed by atoms with Gasteiger partial charge in [-0.15, -0.1) is 0 Å². The number of fused-ring (bicyclic) bond motifs is 7. The smallest absolute Gasteiger partial charge is 0.211 e. The summed E-state index contributed by atoms with van der Waals surface area (Å²) in [5.41, 5.74) is 13.9. The van der Waals surface area contributed by atoms with E-state index in [-0.39, 0.29) is 21.7 Å². The Morgan fingerprint density at radius 2 is 0.853 bits per heavy atom. The van der Waals surface area contributed by atoms with Crippen molar-refractivity contribution in [3.8, 4) is 45.5 Å². The van der Waals surface area contributed by atoms with E-state index >= 15 is 0 Å². The fourth-order valence-electron chi connectivity index (χ4n) is 9.56. The normalized spacial score (nSPS) is 12.7. The molecule has 0 fully saturated rings. The predicted molar refractivity (Wildman–Crippen MR) is 286 cm³/mol. The molecular formula is C62H60N6. The van der Waals surface area contributed by atoms with Crippen LogP contribution in [-0.4, -0.2) is 24.1 Å². The van der Waals surface area contributed by atoms with E-state index < -0.39 is 0 Å². The molecule has 0 amide bonds. The Bertz CT molecular complexity index is 3500. The summed E-state index contributed by atoms with van der Waals surface area (Å²) in [7, 11) is 0. The molecule has 3 aromatic heterocycles. The van der Waals surface area contributed by atoms with Gasteiger partial charge in [-0.3, -0.25) is 0 Å². The van der Waals surface area contributed by atoms with Crippen molar-refractivity contribution < 1.29 is 0 Å². The molecule has 10 rings (SSSR count). The minimum absolute atomic E-state index is 0.105. The molecule has 0 spiro atoms. The van der Waals surface area contributed by atoms with Crippen molar-refractivity contribution in [2.45, 2.75) is 105 Å². The van der Waals surface area contributed by atoms with Crippen LogP contribution in [0.5, 0.6) is 0 Å². The van der Waals surface area contributed by atoms with E-state index in [9.17, 15) is 0 Å². The van der Waals surface area contributed by atoms with Crippen molar-refractivity contribution >= 4 is 49.3 Å². The molecule has 0 atom stereocenters. The van der Waals surface area contributed by atoms with Crippen LogP contribution in [0.3, 0.4) is 0 Å². The van der Waals surface area contributed by atoms with Crippen molar-refractivity contribution in [2.75, 3.05) is 0 Å². The minimum atomic E-state index is -0.105. The molecule has 0 radical (unpaired) electrons. The summed E-state index contributed by atoms with van der Waals surface area (Å²) in [5, 5.41) is 4.56. The molecule has 0 aliphatic carbocycles. The average Bonchev–Trinajstić information content (AvgIpc) is 3.83. The van der Waals surface area contributed by atoms with Gasteiger partial charge in [0.25, 0.3) is 0 Å². The summed E-state index contributed by atoms with van der Waals surface area (Å²) < 4.78 is 4.65. The van der Waals surface area contributed by atoms with Crippen molar-refractivity contribution in [1.82, 2.24) is 24.1 Å². The number of para-hydroxylation sites is 3. The van der Waals surface area contributed by atoms with Crippen LogP contribution < -0.4 is 0 Å². The molecule has 0 unspecified atom stereocenters. The first-order valence-electron chi connectivity index (χ1n) is 23.8. The second kappa shape index (κ2) is 15.9. The van der Waals surface area contributed by atoms with E-state index in [0.29, 0.717) is 23.2 Å². The van der Waals surface area contributed by atoms with Crippen molar-refractivity contribution in [1.29, 1.82) is 0 Å². The van der Waals surface area contributed by atoms with E-state index in [2.05, 4.69) is 237 Å². The molecule has 0 aliphatic heterocycles. The molecule has 6 heteroatoms. The molecule has 6 nitrogen and oxygen atoms in total. The third-order valence-corrected chi connectivity index (χ3v) is 13.6. The SMILES string of the molecule is [C-]#[N+]c1cc(-c2nc(-c3cc(C(C)(C)C)cc(C(C)(C)C)c3)nc(-c3cc(C(C)(C)C)cc(C(C)(C)C)c3)n2)ccc1-n1c2ccccc2c2ccc3c(c4ccccc4n3-c3ccccc3)c21. The van der Waals surface area contributed by atoms with Gasteiger partial charge >= 0.3 is 0 Å². The first-order chi connectivity index (χ1) is 32.2. The Kier molecular flexibility index (Phi) is 10.4. The van der Waals surface area contributed by atoms with E-state index in [0.717, 1.165) is 71.7 Å². The van der Waals surface area contributed by atoms with Gasteiger partial charge in [-0.2, -0.15) is 0 Å². The quantitative estimate of drug-likeness (QED) is 0.162. The van der Waals surface area contributed by atoms with Crippen molar-refractivity contribution in [3.63, 3.8) is 0 Å². The summed E-state index contributed by atoms with van der Waals surface area (Å²) in [5.74, 6) is 1.73. The molecule has 338 valence electrons. The molecule has 0 aliphatic rings. The number of hydrogen-bond acceptors (Lipinski definition) is 3. The zero-order chi connectivity index (χ0) is 48.1. The van der Waals surface area contributed by atoms with Gasteiger partial charge in [0.15, 0.2) is 17.5 Å². The van der Waals surface area contributed by atoms with Crippen molar-refractivity contribution in [2.24, 2.45) is 0 Å². The lowest BCUT2D eigenvalue weighted by Gasteiger charge is -2.26. The maximum Gasteiger partial charge on any atom is 0.211 e. The molecule has 3 heterocycles. The third kappa shape index (κ3) is 7.74. The minimum Gasteiger partial charge on any atom is -0.318 e. The van der Waals surface area contributed by atoms with Gasteiger partial charge < -0.3 is 9.13 Å². The highest BCUT2D eigenvalue weighted by molar-refractivity contribution is 6.26. The van der Waals surface area contributed by atoms with Gasteiger partial charge in [0.05, 0.1) is 34.3 Å². The molecule has 0 saturated carbocycles. The maximum absolute atomic E-state index is 8.81. The maximum atomic E-state index is 8.81. The fourth-order valence-corrected chi connectivity index (χ4v) is 9.56. The van der Waals surface area contributed by atoms with E-state index in [1.54, 1.807) is 0 Å². The summed E-state index contributed by atoms with van der Waals surface area (Å²) in [4.78, 5) is 20.3. The molecule has 10 aromatic rings. The average molecular weight is 889 g/mol. The summed E-state index contributed by atoms with van der Waals surface area (Å²) in [6.45, 7) is 35.9. The lowest BCUT2D eigenvalue weighted by atomic mass is 9.79. The van der Waals surface area contributed by atoms with Gasteiger partial charge in [0.2, 0.25) is 5.69 Å². The Morgan fingerprint density at radius 3 is 1.35 bits per heavy atom. The zero-order valence-corrected chi connectivity index (χ0v) is 41.5. The standard InChI is InChI=1S/C62H60N6/c1-59(2,3)41-31-39(32-42(36-41)60(4,5)6)57-64-56(65-58(66-57)40-33-43(61(7,8)9)37-44(34-40)62(10,11)12)38-27-29-52(49(35-38)63-13)68-50-25-19-17-23-46(50)47-28-30-53-54(55(47)68)48-24-18-20-26-51(48)67(53)45-21-15-14-16-22-45/h14-37H,1-12H3. The van der Waals surface area contributed by atoms with E-state index in [1.165, 1.54) is 22.3 Å². The molecule has 7 aromatic carbocycles. The summed E-state index contributed by atoms with van der Waals surface area (Å²) >= 11 is 0. The Balaban J connectivity index is 1.24. The second-order valence-electron chi connectivity index (χ2n) is 22.6. The number of benzene rings is 7. The van der Waals surface area contributed by atoms with E-state index in [4.69, 9.17) is 21.5 Å². The van der Waals surface area contributed by atoms with Gasteiger partial charge in [-0.05, 0) is 111 Å². The third-order valence-electron chi connectivity index (χ3n) is 13.6. The second-order valence-corrected chi connectivity index (χ2v) is 22.6. The molecule has 0 bridgehead atoms. The topological polar surface area (TPSA) is 52.9 Å². The van der Waals surface area contributed by atoms with Crippen molar-refractivity contribution in [3.05, 3.63) is 179 Å². The highest BCUT2D eigenvalue weighted by Crippen LogP contribution is 2.44. The van der Waals surface area contributed by atoms with Gasteiger partial charge in [0, 0.05) is 43.9 Å². The van der Waals surface area contributed by atoms with E-state index in [1.807, 2.05) is 6.07 Å². The van der Waals surface area contributed by atoms with Gasteiger partial charge in [0.1, 0.15) is 0 Å². The monoisotopic (exact) mass is 888 g/mol. The zero-order valence-electron chi connectivity index (χ0n) is 41.5. The van der Waals surface area contributed by atoms with Crippen LogP contribution in [0.15, 0.2) is 146 Å². The highest BCUT2D eigenvalue weighted by atomic mass is 15.0. The van der Waals surface area contributed by atoms with Crippen LogP contribution in [-0.2, 0) is 21.7 Å². The Labute approximate surface area is 401 Å². The van der Waals surface area contributed by atoms with Crippen LogP contribution in [0.1, 0.15) is 105 Å². The van der Waals surface area contributed by atoms with Crippen LogP contribution in [0.2, 0.25) is 0 Å². The first kappa shape index (κ1) is 44.5. The Hall–Kier alpha value is -7.36. The summed E-state index contributed by atoms with van der Waals surface area (Å²) in [6.07, 6.45) is 0. The largest absolute Gasteiger partial charge is 0.318 e. The number of hydrogen-bond donors (Lipinski definition) is 0. The molecule has 0 N–H and O–H groups in total. The highest BCUT2D eigenvalue weighted by Gasteiger charge is 2.27. The number of rotatable bonds is 5. The molecular weight excluding hydrogens is 829 g/mol. The first-order valence-corrected chi connectivity index (χ1v) is 23.8. The number of aromatic nitrogens is 5. The predicted octanol–water partition coefficient (Wildman–Crippen LogP) is 16.8.